The van der Waals surface area contributed by atoms with E-state index in [1.807, 2.05) is 20.8 Å². The number of sulfonamides is 1. The van der Waals surface area contributed by atoms with Gasteiger partial charge in [-0.05, 0) is 54.9 Å². The lowest BCUT2D eigenvalue weighted by Crippen LogP contribution is -2.45. The molecule has 0 saturated carbocycles. The van der Waals surface area contributed by atoms with Crippen LogP contribution < -0.4 is 15.8 Å². The van der Waals surface area contributed by atoms with Crippen LogP contribution in [0.15, 0.2) is 27.6 Å². The molecule has 0 unspecified atom stereocenters. The van der Waals surface area contributed by atoms with Crippen LogP contribution in [0, 0.1) is 0 Å². The Bertz CT molecular complexity index is 609. The predicted molar refractivity (Wildman–Crippen MR) is 81.6 cm³/mol. The first-order chi connectivity index (χ1) is 9.01. The molecule has 112 valence electrons. The van der Waals surface area contributed by atoms with E-state index in [4.69, 9.17) is 5.73 Å². The smallest absolute Gasteiger partial charge is 0.242 e. The van der Waals surface area contributed by atoms with E-state index in [-0.39, 0.29) is 11.4 Å². The van der Waals surface area contributed by atoms with Gasteiger partial charge in [-0.1, -0.05) is 0 Å². The molecule has 4 N–H and O–H groups in total. The third-order valence-electron chi connectivity index (χ3n) is 2.18. The van der Waals surface area contributed by atoms with E-state index in [9.17, 15) is 13.2 Å². The molecule has 0 aliphatic rings. The highest BCUT2D eigenvalue weighted by molar-refractivity contribution is 9.10. The lowest BCUT2D eigenvalue weighted by atomic mass is 10.1. The van der Waals surface area contributed by atoms with Gasteiger partial charge in [-0.25, -0.2) is 13.1 Å². The molecule has 1 aromatic rings. The van der Waals surface area contributed by atoms with Crippen LogP contribution >= 0.6 is 15.9 Å². The summed E-state index contributed by atoms with van der Waals surface area (Å²) < 4.78 is 26.7. The fourth-order valence-corrected chi connectivity index (χ4v) is 3.51. The number of carbonyl (C=O) groups excluding carboxylic acids is 1. The molecule has 0 saturated heterocycles. The first kappa shape index (κ1) is 16.9. The highest BCUT2D eigenvalue weighted by atomic mass is 79.9. The van der Waals surface area contributed by atoms with Crippen LogP contribution in [0.3, 0.4) is 0 Å². The monoisotopic (exact) mass is 363 g/mol. The second kappa shape index (κ2) is 6.11. The quantitative estimate of drug-likeness (QED) is 0.700. The van der Waals surface area contributed by atoms with Crippen LogP contribution in [0.2, 0.25) is 0 Å². The Kier molecular flexibility index (Phi) is 5.17. The molecule has 0 aliphatic carbocycles. The summed E-state index contributed by atoms with van der Waals surface area (Å²) in [7, 11) is -3.77. The average molecular weight is 364 g/mol. The second-order valence-electron chi connectivity index (χ2n) is 5.31. The van der Waals surface area contributed by atoms with Crippen molar-refractivity contribution >= 4 is 37.5 Å². The summed E-state index contributed by atoms with van der Waals surface area (Å²) in [4.78, 5) is 11.6. The van der Waals surface area contributed by atoms with E-state index in [0.29, 0.717) is 10.2 Å². The molecule has 0 aliphatic heterocycles. The Morgan fingerprint density at radius 3 is 2.45 bits per heavy atom. The lowest BCUT2D eigenvalue weighted by Gasteiger charge is -2.20. The van der Waals surface area contributed by atoms with Crippen molar-refractivity contribution in [3.63, 3.8) is 0 Å². The fraction of sp³-hybridized carbons (Fsp3) is 0.417. The topological polar surface area (TPSA) is 101 Å². The summed E-state index contributed by atoms with van der Waals surface area (Å²) >= 11 is 3.14. The Labute approximate surface area is 127 Å². The summed E-state index contributed by atoms with van der Waals surface area (Å²) in [5.74, 6) is -0.396. The number of carbonyl (C=O) groups is 1. The van der Waals surface area contributed by atoms with Crippen molar-refractivity contribution in [2.24, 2.45) is 0 Å². The first-order valence-corrected chi connectivity index (χ1v) is 8.14. The van der Waals surface area contributed by atoms with Gasteiger partial charge in [0.25, 0.3) is 0 Å². The number of benzene rings is 1. The summed E-state index contributed by atoms with van der Waals surface area (Å²) in [5, 5.41) is 2.67. The van der Waals surface area contributed by atoms with Crippen molar-refractivity contribution in [2.45, 2.75) is 31.2 Å². The third kappa shape index (κ3) is 5.10. The molecule has 20 heavy (non-hydrogen) atoms. The Morgan fingerprint density at radius 2 is 1.95 bits per heavy atom. The number of nitrogens with two attached hydrogens (primary N) is 1. The zero-order chi connectivity index (χ0) is 15.6. The van der Waals surface area contributed by atoms with Gasteiger partial charge in [-0.15, -0.1) is 0 Å². The highest BCUT2D eigenvalue weighted by Gasteiger charge is 2.20. The Morgan fingerprint density at radius 1 is 1.35 bits per heavy atom. The lowest BCUT2D eigenvalue weighted by molar-refractivity contribution is -0.121. The SMILES string of the molecule is CC(C)(C)NC(=O)CNS(=O)(=O)c1ccc(N)cc1Br. The van der Waals surface area contributed by atoms with Crippen LogP contribution in [0.5, 0.6) is 0 Å². The van der Waals surface area contributed by atoms with Gasteiger partial charge in [0, 0.05) is 15.7 Å². The van der Waals surface area contributed by atoms with Crippen molar-refractivity contribution in [3.05, 3.63) is 22.7 Å². The Hall–Kier alpha value is -1.12. The predicted octanol–water partition coefficient (Wildman–Crippen LogP) is 1.22. The highest BCUT2D eigenvalue weighted by Crippen LogP contribution is 2.23. The number of nitrogen functional groups attached to an aromatic ring is 1. The number of anilines is 1. The van der Waals surface area contributed by atoms with Gasteiger partial charge in [0.05, 0.1) is 11.4 Å². The largest absolute Gasteiger partial charge is 0.399 e. The van der Waals surface area contributed by atoms with Crippen LogP contribution in [0.1, 0.15) is 20.8 Å². The summed E-state index contributed by atoms with van der Waals surface area (Å²) in [6.07, 6.45) is 0. The van der Waals surface area contributed by atoms with E-state index in [0.717, 1.165) is 0 Å². The summed E-state index contributed by atoms with van der Waals surface area (Å²) in [6, 6.07) is 4.35. The number of halogens is 1. The molecule has 1 aromatic carbocycles. The molecule has 0 spiro atoms. The Balaban J connectivity index is 2.78. The fourth-order valence-electron chi connectivity index (χ4n) is 1.44. The molecular formula is C12H18BrN3O3S. The van der Waals surface area contributed by atoms with E-state index >= 15 is 0 Å². The van der Waals surface area contributed by atoms with Crippen molar-refractivity contribution in [3.8, 4) is 0 Å². The molecule has 0 aromatic heterocycles. The number of hydrogen-bond donors (Lipinski definition) is 3. The molecule has 6 nitrogen and oxygen atoms in total. The van der Waals surface area contributed by atoms with Gasteiger partial charge in [0.2, 0.25) is 15.9 Å². The number of amides is 1. The minimum Gasteiger partial charge on any atom is -0.399 e. The maximum atomic E-state index is 12.1. The molecule has 0 radical (unpaired) electrons. The average Bonchev–Trinajstić information content (AvgIpc) is 2.23. The van der Waals surface area contributed by atoms with Crippen LogP contribution in [0.25, 0.3) is 0 Å². The molecular weight excluding hydrogens is 346 g/mol. The molecule has 0 heterocycles. The molecule has 0 bridgehead atoms. The van der Waals surface area contributed by atoms with Gasteiger partial charge in [-0.2, -0.15) is 0 Å². The molecule has 8 heteroatoms. The van der Waals surface area contributed by atoms with Gasteiger partial charge < -0.3 is 11.1 Å². The van der Waals surface area contributed by atoms with Crippen LogP contribution in [0.4, 0.5) is 5.69 Å². The molecule has 1 rings (SSSR count). The van der Waals surface area contributed by atoms with Crippen LogP contribution in [-0.4, -0.2) is 26.4 Å². The number of hydrogen-bond acceptors (Lipinski definition) is 4. The maximum absolute atomic E-state index is 12.1. The van der Waals surface area contributed by atoms with E-state index in [1.54, 1.807) is 0 Å². The van der Waals surface area contributed by atoms with Gasteiger partial charge >= 0.3 is 0 Å². The normalized spacial score (nSPS) is 12.2. The minimum absolute atomic E-state index is 0.0373. The summed E-state index contributed by atoms with van der Waals surface area (Å²) in [6.45, 7) is 5.12. The van der Waals surface area contributed by atoms with Crippen molar-refractivity contribution < 1.29 is 13.2 Å². The molecule has 0 fully saturated rings. The number of rotatable bonds is 4. The van der Waals surface area contributed by atoms with Gasteiger partial charge in [0.1, 0.15) is 0 Å². The molecule has 1 amide bonds. The van der Waals surface area contributed by atoms with Crippen molar-refractivity contribution in [1.29, 1.82) is 0 Å². The zero-order valence-corrected chi connectivity index (χ0v) is 13.9. The van der Waals surface area contributed by atoms with E-state index in [1.165, 1.54) is 18.2 Å². The minimum atomic E-state index is -3.77. The maximum Gasteiger partial charge on any atom is 0.242 e. The van der Waals surface area contributed by atoms with Gasteiger partial charge in [-0.3, -0.25) is 4.79 Å². The van der Waals surface area contributed by atoms with E-state index in [2.05, 4.69) is 26.0 Å². The number of nitrogens with one attached hydrogen (secondary N) is 2. The molecule has 0 atom stereocenters. The van der Waals surface area contributed by atoms with E-state index < -0.39 is 21.5 Å². The standard InChI is InChI=1S/C12H18BrN3O3S/c1-12(2,3)16-11(17)7-15-20(18,19)10-5-4-8(14)6-9(10)13/h4-6,15H,7,14H2,1-3H3,(H,16,17). The third-order valence-corrected chi connectivity index (χ3v) is 4.56. The van der Waals surface area contributed by atoms with Crippen LogP contribution in [-0.2, 0) is 14.8 Å². The summed E-state index contributed by atoms with van der Waals surface area (Å²) in [5.41, 5.74) is 5.59. The first-order valence-electron chi connectivity index (χ1n) is 5.87. The zero-order valence-electron chi connectivity index (χ0n) is 11.5. The second-order valence-corrected chi connectivity index (χ2v) is 7.90. The van der Waals surface area contributed by atoms with Crippen molar-refractivity contribution in [1.82, 2.24) is 10.0 Å². The van der Waals surface area contributed by atoms with Gasteiger partial charge in [0.15, 0.2) is 0 Å². The van der Waals surface area contributed by atoms with Crippen molar-refractivity contribution in [2.75, 3.05) is 12.3 Å².